The van der Waals surface area contributed by atoms with E-state index in [4.69, 9.17) is 0 Å². The summed E-state index contributed by atoms with van der Waals surface area (Å²) in [5, 5.41) is 16.2. The van der Waals surface area contributed by atoms with E-state index in [1.54, 1.807) is 33.9 Å². The highest BCUT2D eigenvalue weighted by Gasteiger charge is 2.34. The molecule has 0 aliphatic carbocycles. The van der Waals surface area contributed by atoms with Crippen LogP contribution in [0.5, 0.6) is 0 Å². The number of halogens is 3. The van der Waals surface area contributed by atoms with E-state index in [-0.39, 0.29) is 28.2 Å². The smallest absolute Gasteiger partial charge is 0.412 e. The van der Waals surface area contributed by atoms with Gasteiger partial charge in [0.1, 0.15) is 11.2 Å². The summed E-state index contributed by atoms with van der Waals surface area (Å²) in [4.78, 5) is 8.96. The number of pyridine rings is 1. The van der Waals surface area contributed by atoms with Crippen molar-refractivity contribution in [2.75, 3.05) is 5.75 Å². The van der Waals surface area contributed by atoms with E-state index in [9.17, 15) is 22.6 Å². The van der Waals surface area contributed by atoms with Crippen molar-refractivity contribution in [1.29, 1.82) is 5.26 Å². The zero-order valence-electron chi connectivity index (χ0n) is 16.6. The van der Waals surface area contributed by atoms with Crippen molar-refractivity contribution in [3.8, 4) is 17.6 Å². The summed E-state index contributed by atoms with van der Waals surface area (Å²) in [5.41, 5.74) is -1.01. The maximum absolute atomic E-state index is 12.9. The highest BCUT2D eigenvalue weighted by atomic mass is 32.2. The largest absolute Gasteiger partial charge is 0.435 e. The van der Waals surface area contributed by atoms with E-state index in [1.165, 1.54) is 10.8 Å². The Hall–Kier alpha value is -2.91. The number of aromatic nitrogens is 5. The summed E-state index contributed by atoms with van der Waals surface area (Å²) >= 11 is 0. The van der Waals surface area contributed by atoms with Crippen molar-refractivity contribution < 1.29 is 22.9 Å². The first-order valence-corrected chi connectivity index (χ1v) is 9.89. The van der Waals surface area contributed by atoms with Crippen LogP contribution in [0.3, 0.4) is 0 Å². The second kappa shape index (κ2) is 8.08. The monoisotopic (exact) mass is 440 g/mol. The molecule has 12 heteroatoms. The Morgan fingerprint density at radius 1 is 1.23 bits per heavy atom. The molecule has 3 rings (SSSR count). The van der Waals surface area contributed by atoms with Crippen LogP contribution in [-0.2, 0) is 29.4 Å². The zero-order chi connectivity index (χ0) is 21.6. The molecule has 30 heavy (non-hydrogen) atoms. The summed E-state index contributed by atoms with van der Waals surface area (Å²) in [6, 6.07) is 4.62. The van der Waals surface area contributed by atoms with Crippen LogP contribution < -0.4 is 0 Å². The minimum absolute atomic E-state index is 0. The number of hydrogen-bond acceptors (Lipinski definition) is 6. The molecule has 0 aromatic carbocycles. The lowest BCUT2D eigenvalue weighted by Gasteiger charge is -2.17. The average molecular weight is 440 g/mol. The van der Waals surface area contributed by atoms with Crippen molar-refractivity contribution in [2.45, 2.75) is 37.3 Å². The highest BCUT2D eigenvalue weighted by molar-refractivity contribution is 7.85. The standard InChI is InChI=1S/C18H17F3N6OS.H2O/c1-5-29(28)12-6-10(17(2,3)9-22)8-23-14(12)16-24-11-7-13(18(19,20)21)25-26-15(11)27(16)4;/h6-8H,5H2,1-4H3;1H2. The summed E-state index contributed by atoms with van der Waals surface area (Å²) in [5.74, 6) is 0.513. The normalized spacial score (nSPS) is 13.0. The van der Waals surface area contributed by atoms with Crippen LogP contribution in [0, 0.1) is 11.3 Å². The molecule has 0 aliphatic rings. The van der Waals surface area contributed by atoms with Crippen LogP contribution in [0.1, 0.15) is 32.0 Å². The average Bonchev–Trinajstić information content (AvgIpc) is 3.02. The van der Waals surface area contributed by atoms with Gasteiger partial charge in [-0.3, -0.25) is 9.19 Å². The molecule has 0 amide bonds. The summed E-state index contributed by atoms with van der Waals surface area (Å²) in [7, 11) is 0.130. The fourth-order valence-electron chi connectivity index (χ4n) is 2.68. The Bertz CT molecular complexity index is 1170. The van der Waals surface area contributed by atoms with E-state index in [2.05, 4.69) is 26.2 Å². The molecule has 0 spiro atoms. The first-order chi connectivity index (χ1) is 13.5. The molecule has 3 heterocycles. The Morgan fingerprint density at radius 3 is 2.47 bits per heavy atom. The van der Waals surface area contributed by atoms with Crippen LogP contribution in [0.4, 0.5) is 13.2 Å². The molecule has 0 bridgehead atoms. The first-order valence-electron chi connectivity index (χ1n) is 8.57. The van der Waals surface area contributed by atoms with Crippen LogP contribution in [0.15, 0.2) is 23.2 Å². The molecule has 3 aromatic heterocycles. The fraction of sp³-hybridized carbons (Fsp3) is 0.389. The minimum Gasteiger partial charge on any atom is -0.412 e. The maximum Gasteiger partial charge on any atom is 0.435 e. The fourth-order valence-corrected chi connectivity index (χ4v) is 3.61. The van der Waals surface area contributed by atoms with Crippen LogP contribution >= 0.6 is 0 Å². The van der Waals surface area contributed by atoms with Gasteiger partial charge in [-0.15, -0.1) is 10.2 Å². The number of imidazole rings is 1. The number of fused-ring (bicyclic) bond motifs is 1. The van der Waals surface area contributed by atoms with Gasteiger partial charge in [0.15, 0.2) is 17.2 Å². The van der Waals surface area contributed by atoms with Gasteiger partial charge in [0.05, 0.1) is 27.2 Å². The third-order valence-corrected chi connectivity index (χ3v) is 5.81. The van der Waals surface area contributed by atoms with Gasteiger partial charge >= 0.3 is 6.18 Å². The van der Waals surface area contributed by atoms with Gasteiger partial charge in [0.25, 0.3) is 0 Å². The Morgan fingerprint density at radius 2 is 1.90 bits per heavy atom. The lowest BCUT2D eigenvalue weighted by atomic mass is 9.87. The predicted octanol–water partition coefficient (Wildman–Crippen LogP) is 2.55. The van der Waals surface area contributed by atoms with E-state index < -0.39 is 28.1 Å². The minimum atomic E-state index is -4.64. The first kappa shape index (κ1) is 23.4. The molecule has 0 saturated carbocycles. The van der Waals surface area contributed by atoms with E-state index in [0.29, 0.717) is 16.2 Å². The van der Waals surface area contributed by atoms with Gasteiger partial charge in [-0.2, -0.15) is 18.4 Å². The molecular weight excluding hydrogens is 421 g/mol. The van der Waals surface area contributed by atoms with E-state index in [1.807, 2.05) is 0 Å². The molecular formula is C18H19F3N6O2S. The van der Waals surface area contributed by atoms with Crippen LogP contribution in [-0.4, -0.2) is 40.2 Å². The van der Waals surface area contributed by atoms with Crippen molar-refractivity contribution >= 4 is 22.0 Å². The Labute approximate surface area is 172 Å². The molecule has 0 fully saturated rings. The van der Waals surface area contributed by atoms with Gasteiger partial charge in [-0.1, -0.05) is 6.92 Å². The number of aryl methyl sites for hydroxylation is 1. The zero-order valence-corrected chi connectivity index (χ0v) is 17.4. The topological polar surface area (TPSA) is 129 Å². The molecule has 0 radical (unpaired) electrons. The van der Waals surface area contributed by atoms with Crippen molar-refractivity contribution in [3.05, 3.63) is 29.6 Å². The second-order valence-corrected chi connectivity index (χ2v) is 8.58. The summed E-state index contributed by atoms with van der Waals surface area (Å²) in [6.45, 7) is 5.16. The molecule has 1 atom stereocenters. The van der Waals surface area contributed by atoms with E-state index in [0.717, 1.165) is 6.07 Å². The second-order valence-electron chi connectivity index (χ2n) is 6.87. The van der Waals surface area contributed by atoms with Gasteiger partial charge < -0.3 is 10.0 Å². The maximum atomic E-state index is 12.9. The third kappa shape index (κ3) is 4.03. The van der Waals surface area contributed by atoms with Gasteiger partial charge in [-0.25, -0.2) is 4.98 Å². The molecule has 0 aliphatic heterocycles. The molecule has 1 unspecified atom stereocenters. The van der Waals surface area contributed by atoms with Gasteiger partial charge in [0.2, 0.25) is 0 Å². The number of nitrogens with zero attached hydrogens (tertiary/aromatic N) is 6. The van der Waals surface area contributed by atoms with Crippen molar-refractivity contribution in [2.24, 2.45) is 7.05 Å². The SMILES string of the molecule is CCS(=O)c1cc(C(C)(C)C#N)cnc1-c1nc2cc(C(F)(F)F)nnc2n1C.O. The van der Waals surface area contributed by atoms with Crippen molar-refractivity contribution in [3.63, 3.8) is 0 Å². The Kier molecular flexibility index (Phi) is 6.29. The van der Waals surface area contributed by atoms with Crippen LogP contribution in [0.2, 0.25) is 0 Å². The summed E-state index contributed by atoms with van der Waals surface area (Å²) in [6.07, 6.45) is -3.16. The van der Waals surface area contributed by atoms with Gasteiger partial charge in [-0.05, 0) is 25.5 Å². The quantitative estimate of drug-likeness (QED) is 0.613. The van der Waals surface area contributed by atoms with Crippen LogP contribution in [0.25, 0.3) is 22.7 Å². The number of rotatable bonds is 4. The Balaban J connectivity index is 0.00000320. The predicted molar refractivity (Wildman–Crippen MR) is 104 cm³/mol. The lowest BCUT2D eigenvalue weighted by Crippen LogP contribution is -2.16. The van der Waals surface area contributed by atoms with E-state index >= 15 is 0 Å². The lowest BCUT2D eigenvalue weighted by molar-refractivity contribution is -0.141. The molecule has 3 aromatic rings. The molecule has 0 saturated heterocycles. The molecule has 160 valence electrons. The summed E-state index contributed by atoms with van der Waals surface area (Å²) < 4.78 is 52.9. The number of hydrogen-bond donors (Lipinski definition) is 0. The number of alkyl halides is 3. The number of nitriles is 1. The van der Waals surface area contributed by atoms with Crippen molar-refractivity contribution in [1.82, 2.24) is 24.7 Å². The molecule has 8 nitrogen and oxygen atoms in total. The highest BCUT2D eigenvalue weighted by Crippen LogP contribution is 2.32. The molecule has 2 N–H and O–H groups in total. The van der Waals surface area contributed by atoms with Gasteiger partial charge in [0, 0.05) is 25.1 Å². The third-order valence-electron chi connectivity index (χ3n) is 4.48.